The van der Waals surface area contributed by atoms with Gasteiger partial charge < -0.3 is 0 Å². The summed E-state index contributed by atoms with van der Waals surface area (Å²) in [5.41, 5.74) is 0.480. The summed E-state index contributed by atoms with van der Waals surface area (Å²) in [6.45, 7) is 1.34. The number of hydrogen-bond donors (Lipinski definition) is 0. The van der Waals surface area contributed by atoms with E-state index in [1.54, 1.807) is 24.3 Å². The second-order valence-electron chi connectivity index (χ2n) is 3.38. The molecule has 1 heterocycles. The molecular formula is C12H9N3O2. The standard InChI is InChI=1S/C12H9N3O2/c1-8(16)11-13-7-14-12(15-11)10(17)9-5-3-2-4-6-9/h2-7H,1H3. The van der Waals surface area contributed by atoms with E-state index in [4.69, 9.17) is 0 Å². The predicted molar refractivity (Wildman–Crippen MR) is 59.7 cm³/mol. The fourth-order valence-electron chi connectivity index (χ4n) is 1.29. The third-order valence-corrected chi connectivity index (χ3v) is 2.13. The Balaban J connectivity index is 2.38. The fourth-order valence-corrected chi connectivity index (χ4v) is 1.29. The molecule has 2 aromatic rings. The third kappa shape index (κ3) is 2.39. The zero-order valence-corrected chi connectivity index (χ0v) is 9.12. The second kappa shape index (κ2) is 4.61. The van der Waals surface area contributed by atoms with Crippen molar-refractivity contribution in [3.8, 4) is 0 Å². The highest BCUT2D eigenvalue weighted by molar-refractivity contribution is 6.06. The van der Waals surface area contributed by atoms with Crippen LogP contribution in [0.2, 0.25) is 0 Å². The first kappa shape index (κ1) is 11.1. The van der Waals surface area contributed by atoms with Crippen LogP contribution in [0.25, 0.3) is 0 Å². The van der Waals surface area contributed by atoms with E-state index < -0.39 is 0 Å². The van der Waals surface area contributed by atoms with Crippen LogP contribution in [0.1, 0.15) is 33.7 Å². The molecule has 0 fully saturated rings. The van der Waals surface area contributed by atoms with Crippen LogP contribution in [0.5, 0.6) is 0 Å². The van der Waals surface area contributed by atoms with Crippen molar-refractivity contribution >= 4 is 11.6 Å². The number of benzene rings is 1. The summed E-state index contributed by atoms with van der Waals surface area (Å²) < 4.78 is 0. The summed E-state index contributed by atoms with van der Waals surface area (Å²) in [7, 11) is 0. The van der Waals surface area contributed by atoms with Crippen LogP contribution in [-0.2, 0) is 0 Å². The Bertz CT molecular complexity index is 567. The number of carbonyl (C=O) groups is 2. The lowest BCUT2D eigenvalue weighted by molar-refractivity contribution is 0.100. The molecule has 0 saturated heterocycles. The summed E-state index contributed by atoms with van der Waals surface area (Å²) in [4.78, 5) is 34.3. The Morgan fingerprint density at radius 2 is 1.65 bits per heavy atom. The van der Waals surface area contributed by atoms with Gasteiger partial charge >= 0.3 is 0 Å². The van der Waals surface area contributed by atoms with Gasteiger partial charge in [-0.15, -0.1) is 0 Å². The van der Waals surface area contributed by atoms with Gasteiger partial charge in [-0.1, -0.05) is 30.3 Å². The van der Waals surface area contributed by atoms with Gasteiger partial charge in [-0.3, -0.25) is 9.59 Å². The number of ketones is 2. The van der Waals surface area contributed by atoms with E-state index in [9.17, 15) is 9.59 Å². The van der Waals surface area contributed by atoms with Crippen molar-refractivity contribution in [2.45, 2.75) is 6.92 Å². The monoisotopic (exact) mass is 227 g/mol. The highest BCUT2D eigenvalue weighted by Crippen LogP contribution is 2.05. The van der Waals surface area contributed by atoms with E-state index in [1.807, 2.05) is 6.07 Å². The van der Waals surface area contributed by atoms with Crippen LogP contribution in [-0.4, -0.2) is 26.5 Å². The van der Waals surface area contributed by atoms with Gasteiger partial charge in [0.05, 0.1) is 0 Å². The lowest BCUT2D eigenvalue weighted by Crippen LogP contribution is -2.11. The first-order valence-corrected chi connectivity index (χ1v) is 4.98. The first-order valence-electron chi connectivity index (χ1n) is 4.98. The summed E-state index contributed by atoms with van der Waals surface area (Å²) in [6.07, 6.45) is 1.17. The van der Waals surface area contributed by atoms with E-state index in [0.717, 1.165) is 0 Å². The van der Waals surface area contributed by atoms with Crippen molar-refractivity contribution in [3.05, 3.63) is 53.9 Å². The van der Waals surface area contributed by atoms with Crippen molar-refractivity contribution in [2.75, 3.05) is 0 Å². The topological polar surface area (TPSA) is 72.8 Å². The van der Waals surface area contributed by atoms with E-state index in [1.165, 1.54) is 13.3 Å². The predicted octanol–water partition coefficient (Wildman–Crippen LogP) is 1.31. The van der Waals surface area contributed by atoms with Gasteiger partial charge in [0.2, 0.25) is 11.6 Å². The minimum Gasteiger partial charge on any atom is -0.291 e. The Kier molecular flexibility index (Phi) is 3.00. The van der Waals surface area contributed by atoms with E-state index in [2.05, 4.69) is 15.0 Å². The molecule has 0 radical (unpaired) electrons. The number of hydrogen-bond acceptors (Lipinski definition) is 5. The molecule has 84 valence electrons. The molecule has 5 nitrogen and oxygen atoms in total. The maximum Gasteiger partial charge on any atom is 0.230 e. The first-order chi connectivity index (χ1) is 8.18. The molecule has 0 aliphatic heterocycles. The van der Waals surface area contributed by atoms with Gasteiger partial charge in [0.15, 0.2) is 11.6 Å². The molecular weight excluding hydrogens is 218 g/mol. The highest BCUT2D eigenvalue weighted by atomic mass is 16.1. The van der Waals surface area contributed by atoms with Crippen molar-refractivity contribution < 1.29 is 9.59 Å². The maximum atomic E-state index is 12.0. The minimum absolute atomic E-state index is 0.000666. The summed E-state index contributed by atoms with van der Waals surface area (Å²) in [6, 6.07) is 8.64. The zero-order valence-electron chi connectivity index (χ0n) is 9.12. The molecule has 0 spiro atoms. The quantitative estimate of drug-likeness (QED) is 0.739. The maximum absolute atomic E-state index is 12.0. The highest BCUT2D eigenvalue weighted by Gasteiger charge is 2.14. The smallest absolute Gasteiger partial charge is 0.230 e. The normalized spacial score (nSPS) is 9.94. The average Bonchev–Trinajstić information content (AvgIpc) is 2.39. The Morgan fingerprint density at radius 3 is 2.29 bits per heavy atom. The van der Waals surface area contributed by atoms with Gasteiger partial charge in [0.1, 0.15) is 6.33 Å². The summed E-state index contributed by atoms with van der Waals surface area (Å²) in [5.74, 6) is -0.638. The molecule has 5 heteroatoms. The Hall–Kier alpha value is -2.43. The van der Waals surface area contributed by atoms with Crippen molar-refractivity contribution in [1.29, 1.82) is 0 Å². The van der Waals surface area contributed by atoms with Gasteiger partial charge in [0.25, 0.3) is 0 Å². The van der Waals surface area contributed by atoms with Gasteiger partial charge in [-0.2, -0.15) is 0 Å². The SMILES string of the molecule is CC(=O)c1ncnc(C(=O)c2ccccc2)n1. The molecule has 0 atom stereocenters. The van der Waals surface area contributed by atoms with Crippen LogP contribution >= 0.6 is 0 Å². The van der Waals surface area contributed by atoms with E-state index in [0.29, 0.717) is 5.56 Å². The van der Waals surface area contributed by atoms with Crippen LogP contribution in [0.15, 0.2) is 36.7 Å². The largest absolute Gasteiger partial charge is 0.291 e. The van der Waals surface area contributed by atoms with Crippen molar-refractivity contribution in [3.63, 3.8) is 0 Å². The number of aromatic nitrogens is 3. The lowest BCUT2D eigenvalue weighted by Gasteiger charge is -1.99. The number of carbonyl (C=O) groups excluding carboxylic acids is 2. The summed E-state index contributed by atoms with van der Waals surface area (Å²) in [5, 5.41) is 0. The summed E-state index contributed by atoms with van der Waals surface area (Å²) >= 11 is 0. The molecule has 17 heavy (non-hydrogen) atoms. The van der Waals surface area contributed by atoms with Crippen molar-refractivity contribution in [1.82, 2.24) is 15.0 Å². The van der Waals surface area contributed by atoms with Gasteiger partial charge in [-0.25, -0.2) is 15.0 Å². The van der Waals surface area contributed by atoms with Gasteiger partial charge in [-0.05, 0) is 0 Å². The zero-order chi connectivity index (χ0) is 12.3. The van der Waals surface area contributed by atoms with Crippen LogP contribution < -0.4 is 0 Å². The average molecular weight is 227 g/mol. The second-order valence-corrected chi connectivity index (χ2v) is 3.38. The fraction of sp³-hybridized carbons (Fsp3) is 0.0833. The lowest BCUT2D eigenvalue weighted by atomic mass is 10.1. The van der Waals surface area contributed by atoms with Crippen molar-refractivity contribution in [2.24, 2.45) is 0 Å². The molecule has 0 aliphatic rings. The molecule has 1 aromatic carbocycles. The molecule has 0 bridgehead atoms. The van der Waals surface area contributed by atoms with Crippen LogP contribution in [0.4, 0.5) is 0 Å². The van der Waals surface area contributed by atoms with E-state index in [-0.39, 0.29) is 23.2 Å². The Labute approximate surface area is 97.6 Å². The van der Waals surface area contributed by atoms with Gasteiger partial charge in [0, 0.05) is 12.5 Å². The minimum atomic E-state index is -0.324. The molecule has 1 aromatic heterocycles. The molecule has 2 rings (SSSR count). The van der Waals surface area contributed by atoms with E-state index >= 15 is 0 Å². The number of rotatable bonds is 3. The van der Waals surface area contributed by atoms with Crippen LogP contribution in [0.3, 0.4) is 0 Å². The van der Waals surface area contributed by atoms with Crippen LogP contribution in [0, 0.1) is 0 Å². The molecule has 0 N–H and O–H groups in total. The third-order valence-electron chi connectivity index (χ3n) is 2.13. The molecule has 0 aliphatic carbocycles. The number of Topliss-reactive ketones (excluding diaryl/α,β-unsaturated/α-hetero) is 1. The molecule has 0 unspecified atom stereocenters. The Morgan fingerprint density at radius 1 is 1.00 bits per heavy atom. The molecule has 0 saturated carbocycles. The number of nitrogens with zero attached hydrogens (tertiary/aromatic N) is 3. The molecule has 0 amide bonds.